The molecule has 7 nitrogen and oxygen atoms in total. The molecular weight excluding hydrogens is 395 g/mol. The minimum atomic E-state index is -4.36. The van der Waals surface area contributed by atoms with Crippen molar-refractivity contribution in [2.24, 2.45) is 0 Å². The summed E-state index contributed by atoms with van der Waals surface area (Å²) in [5.41, 5.74) is 1.11. The summed E-state index contributed by atoms with van der Waals surface area (Å²) in [4.78, 5) is 13.2. The van der Waals surface area contributed by atoms with Crippen LogP contribution in [-0.2, 0) is 12.6 Å². The van der Waals surface area contributed by atoms with E-state index in [1.165, 1.54) is 25.0 Å². The largest absolute Gasteiger partial charge is 0.416 e. The second-order valence-corrected chi connectivity index (χ2v) is 7.35. The lowest BCUT2D eigenvalue weighted by Crippen LogP contribution is -2.13. The molecule has 158 valence electrons. The van der Waals surface area contributed by atoms with E-state index in [1.807, 2.05) is 19.9 Å². The Morgan fingerprint density at radius 3 is 2.43 bits per heavy atom. The molecule has 1 unspecified atom stereocenters. The van der Waals surface area contributed by atoms with Crippen molar-refractivity contribution in [2.45, 2.75) is 51.2 Å². The highest BCUT2D eigenvalue weighted by atomic mass is 19.4. The van der Waals surface area contributed by atoms with Crippen LogP contribution in [0.15, 0.2) is 30.3 Å². The van der Waals surface area contributed by atoms with E-state index < -0.39 is 11.7 Å². The number of anilines is 3. The van der Waals surface area contributed by atoms with Gasteiger partial charge in [-0.15, -0.1) is 0 Å². The van der Waals surface area contributed by atoms with Crippen LogP contribution in [0.4, 0.5) is 30.9 Å². The first-order valence-electron chi connectivity index (χ1n) is 9.83. The van der Waals surface area contributed by atoms with Crippen molar-refractivity contribution < 1.29 is 13.2 Å². The first-order valence-corrected chi connectivity index (χ1v) is 9.83. The van der Waals surface area contributed by atoms with Gasteiger partial charge < -0.3 is 10.6 Å². The number of nitrogens with one attached hydrogen (secondary N) is 3. The van der Waals surface area contributed by atoms with E-state index in [-0.39, 0.29) is 6.04 Å². The average Bonchev–Trinajstić information content (AvgIpc) is 3.46. The number of nitrogens with zero attached hydrogens (tertiary/aromatic N) is 4. The molecule has 0 aliphatic heterocycles. The van der Waals surface area contributed by atoms with Gasteiger partial charge in [0.1, 0.15) is 5.82 Å². The molecule has 1 aliphatic rings. The fourth-order valence-corrected chi connectivity index (χ4v) is 3.05. The molecule has 0 radical (unpaired) electrons. The number of benzene rings is 1. The van der Waals surface area contributed by atoms with E-state index in [0.29, 0.717) is 41.4 Å². The van der Waals surface area contributed by atoms with E-state index in [0.717, 1.165) is 17.8 Å². The molecule has 0 saturated heterocycles. The second kappa shape index (κ2) is 7.92. The van der Waals surface area contributed by atoms with Crippen LogP contribution in [0.3, 0.4) is 0 Å². The minimum Gasteiger partial charge on any atom is -0.348 e. The van der Waals surface area contributed by atoms with Crippen LogP contribution in [-0.4, -0.2) is 25.1 Å². The number of rotatable bonds is 7. The highest BCUT2D eigenvalue weighted by Gasteiger charge is 2.30. The lowest BCUT2D eigenvalue weighted by Gasteiger charge is -2.16. The zero-order chi connectivity index (χ0) is 21.3. The second-order valence-electron chi connectivity index (χ2n) is 7.35. The van der Waals surface area contributed by atoms with Gasteiger partial charge in [-0.3, -0.25) is 5.10 Å². The van der Waals surface area contributed by atoms with Gasteiger partial charge in [-0.1, -0.05) is 19.1 Å². The standard InChI is InChI=1S/C20H22F3N7/c1-3-16-25-18(24-11(2)12-6-8-14(9-7-12)20(21,22)23)28-19(26-16)27-17-10-15(29-30-17)13-4-5-13/h6-11,13H,3-5H2,1-2H3,(H3,24,25,26,27,28,29,30). The van der Waals surface area contributed by atoms with Crippen LogP contribution in [0, 0.1) is 0 Å². The van der Waals surface area contributed by atoms with E-state index in [2.05, 4.69) is 35.8 Å². The molecule has 2 aromatic heterocycles. The Kier molecular flexibility index (Phi) is 5.31. The lowest BCUT2D eigenvalue weighted by atomic mass is 10.1. The smallest absolute Gasteiger partial charge is 0.348 e. The summed E-state index contributed by atoms with van der Waals surface area (Å²) in [5.74, 6) is 2.48. The molecule has 0 spiro atoms. The van der Waals surface area contributed by atoms with Gasteiger partial charge in [0.2, 0.25) is 11.9 Å². The zero-order valence-corrected chi connectivity index (χ0v) is 16.6. The summed E-state index contributed by atoms with van der Waals surface area (Å²) >= 11 is 0. The summed E-state index contributed by atoms with van der Waals surface area (Å²) in [6, 6.07) is 6.69. The quantitative estimate of drug-likeness (QED) is 0.503. The van der Waals surface area contributed by atoms with Gasteiger partial charge in [-0.05, 0) is 37.5 Å². The molecule has 4 rings (SSSR count). The fourth-order valence-electron chi connectivity index (χ4n) is 3.05. The van der Waals surface area contributed by atoms with Gasteiger partial charge in [-0.25, -0.2) is 0 Å². The first-order chi connectivity index (χ1) is 14.3. The Morgan fingerprint density at radius 2 is 1.80 bits per heavy atom. The topological polar surface area (TPSA) is 91.4 Å². The Bertz CT molecular complexity index is 1010. The Morgan fingerprint density at radius 1 is 1.10 bits per heavy atom. The Balaban J connectivity index is 1.49. The number of aromatic amines is 1. The predicted octanol–water partition coefficient (Wildman–Crippen LogP) is 4.97. The fraction of sp³-hybridized carbons (Fsp3) is 0.400. The van der Waals surface area contributed by atoms with Crippen molar-refractivity contribution in [1.82, 2.24) is 25.1 Å². The molecule has 2 heterocycles. The van der Waals surface area contributed by atoms with Crippen molar-refractivity contribution >= 4 is 17.7 Å². The number of hydrogen-bond acceptors (Lipinski definition) is 6. The number of aryl methyl sites for hydroxylation is 1. The minimum absolute atomic E-state index is 0.293. The Hall–Kier alpha value is -3.17. The van der Waals surface area contributed by atoms with Gasteiger partial charge in [0.15, 0.2) is 5.82 Å². The van der Waals surface area contributed by atoms with E-state index in [4.69, 9.17) is 0 Å². The number of aromatic nitrogens is 5. The summed E-state index contributed by atoms with van der Waals surface area (Å²) in [6.45, 7) is 3.77. The molecule has 30 heavy (non-hydrogen) atoms. The molecule has 10 heteroatoms. The van der Waals surface area contributed by atoms with Crippen LogP contribution in [0.5, 0.6) is 0 Å². The molecule has 1 saturated carbocycles. The molecular formula is C20H22F3N7. The lowest BCUT2D eigenvalue weighted by molar-refractivity contribution is -0.137. The van der Waals surface area contributed by atoms with Crippen LogP contribution < -0.4 is 10.6 Å². The first kappa shape index (κ1) is 20.1. The third-order valence-electron chi connectivity index (χ3n) is 4.94. The van der Waals surface area contributed by atoms with Gasteiger partial charge >= 0.3 is 6.18 Å². The maximum Gasteiger partial charge on any atom is 0.416 e. The van der Waals surface area contributed by atoms with Crippen LogP contribution >= 0.6 is 0 Å². The van der Waals surface area contributed by atoms with Gasteiger partial charge in [0.05, 0.1) is 11.6 Å². The van der Waals surface area contributed by atoms with Crippen LogP contribution in [0.2, 0.25) is 0 Å². The number of halogens is 3. The zero-order valence-electron chi connectivity index (χ0n) is 16.6. The third kappa shape index (κ3) is 4.69. The maximum atomic E-state index is 12.8. The maximum absolute atomic E-state index is 12.8. The molecule has 0 amide bonds. The van der Waals surface area contributed by atoms with Crippen molar-refractivity contribution in [3.8, 4) is 0 Å². The molecule has 1 fully saturated rings. The van der Waals surface area contributed by atoms with Crippen molar-refractivity contribution in [3.63, 3.8) is 0 Å². The number of hydrogen-bond donors (Lipinski definition) is 3. The molecule has 1 atom stereocenters. The SMILES string of the molecule is CCc1nc(Nc2cc(C3CC3)[nH]n2)nc(NC(C)c2ccc(C(F)(F)F)cc2)n1. The van der Waals surface area contributed by atoms with Crippen molar-refractivity contribution in [1.29, 1.82) is 0 Å². The van der Waals surface area contributed by atoms with E-state index in [9.17, 15) is 13.2 Å². The van der Waals surface area contributed by atoms with Crippen molar-refractivity contribution in [2.75, 3.05) is 10.6 Å². The van der Waals surface area contributed by atoms with E-state index >= 15 is 0 Å². The average molecular weight is 417 g/mol. The van der Waals surface area contributed by atoms with Crippen molar-refractivity contribution in [3.05, 3.63) is 53.0 Å². The summed E-state index contributed by atoms with van der Waals surface area (Å²) < 4.78 is 38.3. The highest BCUT2D eigenvalue weighted by Crippen LogP contribution is 2.39. The highest BCUT2D eigenvalue weighted by molar-refractivity contribution is 5.50. The third-order valence-corrected chi connectivity index (χ3v) is 4.94. The predicted molar refractivity (Wildman–Crippen MR) is 107 cm³/mol. The molecule has 1 aliphatic carbocycles. The monoisotopic (exact) mass is 417 g/mol. The summed E-state index contributed by atoms with van der Waals surface area (Å²) in [5, 5.41) is 13.5. The molecule has 0 bridgehead atoms. The van der Waals surface area contributed by atoms with Crippen LogP contribution in [0.1, 0.15) is 61.3 Å². The normalized spacial score (nSPS) is 15.1. The number of H-pyrrole nitrogens is 1. The molecule has 1 aromatic carbocycles. The molecule has 3 N–H and O–H groups in total. The van der Waals surface area contributed by atoms with Crippen LogP contribution in [0.25, 0.3) is 0 Å². The Labute approximate surface area is 171 Å². The summed E-state index contributed by atoms with van der Waals surface area (Å²) in [7, 11) is 0. The van der Waals surface area contributed by atoms with Gasteiger partial charge in [0, 0.05) is 24.1 Å². The van der Waals surface area contributed by atoms with Gasteiger partial charge in [-0.2, -0.15) is 33.2 Å². The van der Waals surface area contributed by atoms with E-state index in [1.54, 1.807) is 0 Å². The van der Waals surface area contributed by atoms with Gasteiger partial charge in [0.25, 0.3) is 0 Å². The molecule has 3 aromatic rings. The number of alkyl halides is 3. The summed E-state index contributed by atoms with van der Waals surface area (Å²) in [6.07, 6.45) is -1.41.